The predicted molar refractivity (Wildman–Crippen MR) is 114 cm³/mol. The molecule has 2 amide bonds. The summed E-state index contributed by atoms with van der Waals surface area (Å²) in [6.07, 6.45) is 5.99. The van der Waals surface area contributed by atoms with Crippen molar-refractivity contribution in [2.24, 2.45) is 5.92 Å². The van der Waals surface area contributed by atoms with Crippen LogP contribution >= 0.6 is 11.3 Å². The molecule has 0 N–H and O–H groups in total. The number of piperazine rings is 1. The molecule has 0 atom stereocenters. The Bertz CT molecular complexity index is 1090. The molecule has 0 aromatic carbocycles. The largest absolute Gasteiger partial charge is 0.339 e. The Kier molecular flexibility index (Phi) is 4.42. The van der Waals surface area contributed by atoms with Crippen molar-refractivity contribution in [1.29, 1.82) is 0 Å². The molecule has 2 fully saturated rings. The Morgan fingerprint density at radius 3 is 2.34 bits per heavy atom. The molecule has 4 heterocycles. The maximum absolute atomic E-state index is 13.5. The van der Waals surface area contributed by atoms with E-state index < -0.39 is 0 Å². The minimum Gasteiger partial charge on any atom is -0.339 e. The molecule has 0 radical (unpaired) electrons. The first kappa shape index (κ1) is 18.4. The van der Waals surface area contributed by atoms with Gasteiger partial charge in [0.15, 0.2) is 0 Å². The summed E-state index contributed by atoms with van der Waals surface area (Å²) in [6.45, 7) is 6.49. The highest BCUT2D eigenvalue weighted by Crippen LogP contribution is 2.37. The molecule has 6 nitrogen and oxygen atoms in total. The Morgan fingerprint density at radius 1 is 1.03 bits per heavy atom. The molecule has 2 aliphatic rings. The van der Waals surface area contributed by atoms with Gasteiger partial charge in [0.25, 0.3) is 5.91 Å². The molecule has 1 saturated carbocycles. The van der Waals surface area contributed by atoms with Gasteiger partial charge >= 0.3 is 0 Å². The number of thiophene rings is 1. The summed E-state index contributed by atoms with van der Waals surface area (Å²) >= 11 is 1.47. The van der Waals surface area contributed by atoms with Crippen LogP contribution in [-0.4, -0.2) is 57.3 Å². The second-order valence-electron chi connectivity index (χ2n) is 8.02. The van der Waals surface area contributed by atoms with Gasteiger partial charge in [-0.2, -0.15) is 0 Å². The zero-order valence-corrected chi connectivity index (χ0v) is 17.5. The number of amides is 2. The van der Waals surface area contributed by atoms with Crippen molar-refractivity contribution in [3.05, 3.63) is 46.7 Å². The molecular formula is C22H24N4O2S. The lowest BCUT2D eigenvalue weighted by atomic mass is 10.1. The summed E-state index contributed by atoms with van der Waals surface area (Å²) in [7, 11) is 0. The molecular weight excluding hydrogens is 384 g/mol. The molecule has 0 spiro atoms. The Morgan fingerprint density at radius 2 is 1.69 bits per heavy atom. The maximum atomic E-state index is 13.5. The van der Waals surface area contributed by atoms with Gasteiger partial charge in [-0.05, 0) is 50.5 Å². The summed E-state index contributed by atoms with van der Waals surface area (Å²) in [6, 6.07) is 6.01. The van der Waals surface area contributed by atoms with Gasteiger partial charge < -0.3 is 14.4 Å². The summed E-state index contributed by atoms with van der Waals surface area (Å²) in [5, 5.41) is 1.04. The highest BCUT2D eigenvalue weighted by Gasteiger charge is 2.36. The fourth-order valence-corrected chi connectivity index (χ4v) is 5.42. The molecule has 29 heavy (non-hydrogen) atoms. The third-order valence-electron chi connectivity index (χ3n) is 5.82. The van der Waals surface area contributed by atoms with Crippen molar-refractivity contribution in [2.75, 3.05) is 26.2 Å². The minimum absolute atomic E-state index is 0.0345. The van der Waals surface area contributed by atoms with Crippen LogP contribution in [0.3, 0.4) is 0 Å². The van der Waals surface area contributed by atoms with Crippen LogP contribution in [0.15, 0.2) is 30.6 Å². The molecule has 1 aliphatic heterocycles. The van der Waals surface area contributed by atoms with Gasteiger partial charge in [-0.1, -0.05) is 0 Å². The van der Waals surface area contributed by atoms with Crippen LogP contribution in [0.5, 0.6) is 0 Å². The number of aromatic nitrogens is 2. The van der Waals surface area contributed by atoms with E-state index in [4.69, 9.17) is 4.98 Å². The number of pyridine rings is 1. The lowest BCUT2D eigenvalue weighted by Gasteiger charge is -2.34. The summed E-state index contributed by atoms with van der Waals surface area (Å²) in [5.41, 5.74) is 3.01. The van der Waals surface area contributed by atoms with Crippen LogP contribution in [-0.2, 0) is 4.79 Å². The third kappa shape index (κ3) is 3.23. The van der Waals surface area contributed by atoms with E-state index in [0.29, 0.717) is 26.2 Å². The Labute approximate surface area is 173 Å². The molecule has 5 rings (SSSR count). The first-order valence-electron chi connectivity index (χ1n) is 10.1. The van der Waals surface area contributed by atoms with Gasteiger partial charge in [0.05, 0.1) is 5.69 Å². The number of hydrogen-bond donors (Lipinski definition) is 0. The molecule has 3 aromatic heterocycles. The number of carbonyl (C=O) groups excluding carboxylic acids is 2. The summed E-state index contributed by atoms with van der Waals surface area (Å²) < 4.78 is 2.02. The first-order valence-corrected chi connectivity index (χ1v) is 11.0. The van der Waals surface area contributed by atoms with Crippen LogP contribution < -0.4 is 0 Å². The number of nitrogens with zero attached hydrogens (tertiary/aromatic N) is 4. The predicted octanol–water partition coefficient (Wildman–Crippen LogP) is 3.40. The van der Waals surface area contributed by atoms with Crippen molar-refractivity contribution in [3.8, 4) is 5.69 Å². The van der Waals surface area contributed by atoms with Crippen LogP contribution in [0.4, 0.5) is 0 Å². The summed E-state index contributed by atoms with van der Waals surface area (Å²) in [4.78, 5) is 35.9. The fourth-order valence-electron chi connectivity index (χ4n) is 4.16. The summed E-state index contributed by atoms with van der Waals surface area (Å²) in [5.74, 6) is 0.534. The van der Waals surface area contributed by atoms with E-state index >= 15 is 0 Å². The van der Waals surface area contributed by atoms with Crippen molar-refractivity contribution in [2.45, 2.75) is 26.7 Å². The first-order chi connectivity index (χ1) is 14.0. The normalized spacial score (nSPS) is 17.2. The zero-order valence-electron chi connectivity index (χ0n) is 16.7. The van der Waals surface area contributed by atoms with Gasteiger partial charge in [-0.15, -0.1) is 11.3 Å². The standard InChI is InChI=1S/C22H24N4O2S/c1-14-13-15(2)23-20-17(14)18(24-7-3-4-8-24)19(29-20)22(28)26-11-9-25(10-12-26)21(27)16-5-6-16/h3-4,7-8,13,16H,5-6,9-12H2,1-2H3. The smallest absolute Gasteiger partial charge is 0.266 e. The zero-order chi connectivity index (χ0) is 20.1. The van der Waals surface area contributed by atoms with E-state index in [2.05, 4.69) is 13.0 Å². The van der Waals surface area contributed by atoms with Gasteiger partial charge in [0.2, 0.25) is 5.91 Å². The van der Waals surface area contributed by atoms with Gasteiger partial charge in [0.1, 0.15) is 9.71 Å². The average Bonchev–Trinajstić information content (AvgIpc) is 3.28. The molecule has 1 saturated heterocycles. The van der Waals surface area contributed by atoms with E-state index in [9.17, 15) is 9.59 Å². The van der Waals surface area contributed by atoms with Crippen LogP contribution in [0.1, 0.15) is 33.8 Å². The lowest BCUT2D eigenvalue weighted by molar-refractivity contribution is -0.134. The van der Waals surface area contributed by atoms with E-state index in [1.807, 2.05) is 45.8 Å². The second-order valence-corrected chi connectivity index (χ2v) is 9.02. The van der Waals surface area contributed by atoms with Crippen molar-refractivity contribution in [1.82, 2.24) is 19.4 Å². The van der Waals surface area contributed by atoms with Gasteiger partial charge in [-0.25, -0.2) is 4.98 Å². The minimum atomic E-state index is 0.0345. The molecule has 0 bridgehead atoms. The lowest BCUT2D eigenvalue weighted by Crippen LogP contribution is -2.51. The van der Waals surface area contributed by atoms with Crippen LogP contribution in [0.25, 0.3) is 15.9 Å². The average molecular weight is 409 g/mol. The Balaban J connectivity index is 1.48. The van der Waals surface area contributed by atoms with E-state index in [0.717, 1.165) is 44.9 Å². The number of rotatable bonds is 3. The monoisotopic (exact) mass is 408 g/mol. The van der Waals surface area contributed by atoms with Gasteiger partial charge in [-0.3, -0.25) is 9.59 Å². The topological polar surface area (TPSA) is 58.4 Å². The highest BCUT2D eigenvalue weighted by molar-refractivity contribution is 7.21. The van der Waals surface area contributed by atoms with Crippen molar-refractivity contribution < 1.29 is 9.59 Å². The molecule has 0 unspecified atom stereocenters. The number of carbonyl (C=O) groups is 2. The number of hydrogen-bond acceptors (Lipinski definition) is 4. The molecule has 3 aromatic rings. The second kappa shape index (κ2) is 6.99. The van der Waals surface area contributed by atoms with E-state index in [1.54, 1.807) is 0 Å². The van der Waals surface area contributed by atoms with Crippen molar-refractivity contribution in [3.63, 3.8) is 0 Å². The van der Waals surface area contributed by atoms with Crippen LogP contribution in [0, 0.1) is 19.8 Å². The van der Waals surface area contributed by atoms with Crippen LogP contribution in [0.2, 0.25) is 0 Å². The van der Waals surface area contributed by atoms with Gasteiger partial charge in [0, 0.05) is 55.6 Å². The molecule has 1 aliphatic carbocycles. The van der Waals surface area contributed by atoms with E-state index in [-0.39, 0.29) is 17.7 Å². The molecule has 7 heteroatoms. The highest BCUT2D eigenvalue weighted by atomic mass is 32.1. The van der Waals surface area contributed by atoms with E-state index in [1.165, 1.54) is 11.3 Å². The third-order valence-corrected chi connectivity index (χ3v) is 6.89. The quantitative estimate of drug-likeness (QED) is 0.667. The number of fused-ring (bicyclic) bond motifs is 1. The SMILES string of the molecule is Cc1cc(C)c2c(-n3cccc3)c(C(=O)N3CCN(C(=O)C4CC4)CC3)sc2n1. The fraction of sp³-hybridized carbons (Fsp3) is 0.409. The van der Waals surface area contributed by atoms with Crippen molar-refractivity contribution >= 4 is 33.4 Å². The Hall–Kier alpha value is -2.67. The maximum Gasteiger partial charge on any atom is 0.266 e. The molecule has 150 valence electrons. The number of aryl methyl sites for hydroxylation is 2.